The molecule has 1 aliphatic heterocycles. The Morgan fingerprint density at radius 2 is 2.08 bits per heavy atom. The van der Waals surface area contributed by atoms with Gasteiger partial charge in [-0.1, -0.05) is 6.08 Å². The molecule has 0 aromatic heterocycles. The molecule has 0 aliphatic carbocycles. The Morgan fingerprint density at radius 3 is 2.73 bits per heavy atom. The molecule has 26 heavy (non-hydrogen) atoms. The Morgan fingerprint density at radius 1 is 1.35 bits per heavy atom. The van der Waals surface area contributed by atoms with Gasteiger partial charge in [-0.05, 0) is 31.2 Å². The molecule has 1 amide bonds. The normalized spacial score (nSPS) is 14.7. The lowest BCUT2D eigenvalue weighted by atomic mass is 10.1. The molecule has 0 unspecified atom stereocenters. The summed E-state index contributed by atoms with van der Waals surface area (Å²) in [5.41, 5.74) is 0.345. The molecule has 8 heteroatoms. The van der Waals surface area contributed by atoms with E-state index in [2.05, 4.69) is 6.58 Å². The van der Waals surface area contributed by atoms with Crippen LogP contribution in [0.3, 0.4) is 0 Å². The molecule has 2 aromatic carbocycles. The van der Waals surface area contributed by atoms with Crippen molar-refractivity contribution in [3.8, 4) is 17.6 Å². The van der Waals surface area contributed by atoms with E-state index >= 15 is 0 Å². The highest BCUT2D eigenvalue weighted by atomic mass is 32.2. The number of hydrogen-bond donors (Lipinski definition) is 0. The standard InChI is InChI=1S/C18H13FN2O4S/c1-3-6-21-18(22)15-4-5-16(11(2)17(15)26(21,23)24)25-14-8-12(10-20)7-13(19)9-14/h3-5,7-9H,1,6H2,2H3. The molecule has 0 radical (unpaired) electrons. The maximum atomic E-state index is 13.6. The lowest BCUT2D eigenvalue weighted by molar-refractivity contribution is 0.0880. The van der Waals surface area contributed by atoms with Crippen LogP contribution in [0.25, 0.3) is 0 Å². The Bertz CT molecular complexity index is 1090. The van der Waals surface area contributed by atoms with Gasteiger partial charge in [-0.3, -0.25) is 4.79 Å². The predicted octanol–water partition coefficient (Wildman–Crippen LogP) is 3.13. The van der Waals surface area contributed by atoms with Crippen LogP contribution >= 0.6 is 0 Å². The van der Waals surface area contributed by atoms with Gasteiger partial charge in [0, 0.05) is 11.6 Å². The number of ether oxygens (including phenoxy) is 1. The summed E-state index contributed by atoms with van der Waals surface area (Å²) in [7, 11) is -4.02. The SMILES string of the molecule is C=CCN1C(=O)c2ccc(Oc3cc(F)cc(C#N)c3)c(C)c2S1(=O)=O. The quantitative estimate of drug-likeness (QED) is 0.770. The minimum absolute atomic E-state index is 0.0497. The lowest BCUT2D eigenvalue weighted by Crippen LogP contribution is -2.30. The third-order valence-electron chi connectivity index (χ3n) is 3.88. The van der Waals surface area contributed by atoms with Gasteiger partial charge in [0.2, 0.25) is 0 Å². The highest BCUT2D eigenvalue weighted by Gasteiger charge is 2.42. The summed E-state index contributed by atoms with van der Waals surface area (Å²) in [5, 5.41) is 8.91. The number of fused-ring (bicyclic) bond motifs is 1. The minimum Gasteiger partial charge on any atom is -0.457 e. The van der Waals surface area contributed by atoms with Gasteiger partial charge in [-0.15, -0.1) is 6.58 Å². The molecule has 2 aromatic rings. The summed E-state index contributed by atoms with van der Waals surface area (Å²) in [6.07, 6.45) is 1.32. The van der Waals surface area contributed by atoms with Gasteiger partial charge in [0.05, 0.1) is 23.7 Å². The molecule has 1 aliphatic rings. The molecule has 0 saturated heterocycles. The molecule has 1 heterocycles. The third kappa shape index (κ3) is 2.72. The maximum absolute atomic E-state index is 13.6. The van der Waals surface area contributed by atoms with Crippen molar-refractivity contribution in [2.24, 2.45) is 0 Å². The monoisotopic (exact) mass is 372 g/mol. The van der Waals surface area contributed by atoms with Crippen molar-refractivity contribution >= 4 is 15.9 Å². The molecule has 0 N–H and O–H groups in total. The summed E-state index contributed by atoms with van der Waals surface area (Å²) in [6.45, 7) is 4.83. The first-order chi connectivity index (χ1) is 12.3. The van der Waals surface area contributed by atoms with Crippen molar-refractivity contribution < 1.29 is 22.3 Å². The average molecular weight is 372 g/mol. The number of carbonyl (C=O) groups excluding carboxylic acids is 1. The van der Waals surface area contributed by atoms with E-state index in [1.54, 1.807) is 0 Å². The second kappa shape index (κ2) is 6.28. The Kier molecular flexibility index (Phi) is 4.26. The van der Waals surface area contributed by atoms with E-state index in [1.165, 1.54) is 31.2 Å². The second-order valence-corrected chi connectivity index (χ2v) is 7.38. The first-order valence-corrected chi connectivity index (χ1v) is 8.93. The fraction of sp³-hybridized carbons (Fsp3) is 0.111. The van der Waals surface area contributed by atoms with Crippen LogP contribution < -0.4 is 4.74 Å². The Labute approximate surface area is 149 Å². The molecular weight excluding hydrogens is 359 g/mol. The molecule has 3 rings (SSSR count). The second-order valence-electron chi connectivity index (χ2n) is 5.58. The molecule has 0 fully saturated rings. The van der Waals surface area contributed by atoms with Crippen LogP contribution in [0.1, 0.15) is 21.5 Å². The van der Waals surface area contributed by atoms with Crippen LogP contribution in [0.15, 0.2) is 47.9 Å². The van der Waals surface area contributed by atoms with Crippen molar-refractivity contribution in [2.75, 3.05) is 6.54 Å². The number of benzene rings is 2. The van der Waals surface area contributed by atoms with E-state index < -0.39 is 21.7 Å². The Hall–Kier alpha value is -3.18. The number of hydrogen-bond acceptors (Lipinski definition) is 5. The van der Waals surface area contributed by atoms with Gasteiger partial charge < -0.3 is 4.74 Å². The van der Waals surface area contributed by atoms with Crippen LogP contribution in [-0.2, 0) is 10.0 Å². The van der Waals surface area contributed by atoms with E-state index in [-0.39, 0.29) is 39.6 Å². The highest BCUT2D eigenvalue weighted by Crippen LogP contribution is 2.38. The number of amides is 1. The molecule has 0 saturated carbocycles. The van der Waals surface area contributed by atoms with Crippen molar-refractivity contribution in [1.29, 1.82) is 5.26 Å². The number of nitriles is 1. The van der Waals surface area contributed by atoms with E-state index in [4.69, 9.17) is 10.00 Å². The maximum Gasteiger partial charge on any atom is 0.269 e. The first kappa shape index (κ1) is 17.6. The summed E-state index contributed by atoms with van der Waals surface area (Å²) in [6, 6.07) is 8.07. The number of halogens is 1. The smallest absolute Gasteiger partial charge is 0.269 e. The summed E-state index contributed by atoms with van der Waals surface area (Å²) < 4.78 is 45.2. The fourth-order valence-electron chi connectivity index (χ4n) is 2.75. The third-order valence-corrected chi connectivity index (χ3v) is 5.82. The molecule has 0 atom stereocenters. The van der Waals surface area contributed by atoms with Gasteiger partial charge >= 0.3 is 0 Å². The number of carbonyl (C=O) groups is 1. The van der Waals surface area contributed by atoms with Crippen LogP contribution in [0.2, 0.25) is 0 Å². The van der Waals surface area contributed by atoms with Gasteiger partial charge in [0.25, 0.3) is 15.9 Å². The minimum atomic E-state index is -4.02. The van der Waals surface area contributed by atoms with Crippen LogP contribution in [0, 0.1) is 24.1 Å². The van der Waals surface area contributed by atoms with Gasteiger partial charge in [0.15, 0.2) is 0 Å². The van der Waals surface area contributed by atoms with Crippen LogP contribution in [-0.4, -0.2) is 25.2 Å². The number of sulfonamides is 1. The highest BCUT2D eigenvalue weighted by molar-refractivity contribution is 7.90. The van der Waals surface area contributed by atoms with Crippen molar-refractivity contribution in [3.05, 3.63) is 65.5 Å². The Balaban J connectivity index is 2.09. The number of nitrogens with zero attached hydrogens (tertiary/aromatic N) is 2. The summed E-state index contributed by atoms with van der Waals surface area (Å²) in [5.74, 6) is -1.09. The average Bonchev–Trinajstić information content (AvgIpc) is 2.78. The predicted molar refractivity (Wildman–Crippen MR) is 90.8 cm³/mol. The van der Waals surface area contributed by atoms with Gasteiger partial charge in [-0.25, -0.2) is 17.1 Å². The molecule has 0 bridgehead atoms. The van der Waals surface area contributed by atoms with Crippen LogP contribution in [0.5, 0.6) is 11.5 Å². The topological polar surface area (TPSA) is 87.5 Å². The van der Waals surface area contributed by atoms with E-state index in [0.717, 1.165) is 16.4 Å². The van der Waals surface area contributed by atoms with Gasteiger partial charge in [0.1, 0.15) is 22.2 Å². The zero-order valence-electron chi connectivity index (χ0n) is 13.7. The zero-order chi connectivity index (χ0) is 19.1. The molecule has 0 spiro atoms. The first-order valence-electron chi connectivity index (χ1n) is 7.49. The fourth-order valence-corrected chi connectivity index (χ4v) is 4.51. The summed E-state index contributed by atoms with van der Waals surface area (Å²) >= 11 is 0. The van der Waals surface area contributed by atoms with Crippen molar-refractivity contribution in [1.82, 2.24) is 4.31 Å². The molecule has 132 valence electrons. The lowest BCUT2D eigenvalue weighted by Gasteiger charge is -2.13. The van der Waals surface area contributed by atoms with E-state index in [1.807, 2.05) is 6.07 Å². The zero-order valence-corrected chi connectivity index (χ0v) is 14.5. The number of rotatable bonds is 4. The van der Waals surface area contributed by atoms with Crippen molar-refractivity contribution in [2.45, 2.75) is 11.8 Å². The van der Waals surface area contributed by atoms with Gasteiger partial charge in [-0.2, -0.15) is 5.26 Å². The molecule has 6 nitrogen and oxygen atoms in total. The van der Waals surface area contributed by atoms with Crippen LogP contribution in [0.4, 0.5) is 4.39 Å². The molecular formula is C18H13FN2O4S. The van der Waals surface area contributed by atoms with E-state index in [0.29, 0.717) is 0 Å². The largest absolute Gasteiger partial charge is 0.457 e. The van der Waals surface area contributed by atoms with Crippen molar-refractivity contribution in [3.63, 3.8) is 0 Å². The summed E-state index contributed by atoms with van der Waals surface area (Å²) in [4.78, 5) is 12.2. The van der Waals surface area contributed by atoms with E-state index in [9.17, 15) is 17.6 Å².